The average Bonchev–Trinajstić information content (AvgIpc) is 2.54. The van der Waals surface area contributed by atoms with Gasteiger partial charge in [0.2, 0.25) is 5.91 Å². The third kappa shape index (κ3) is 4.35. The predicted molar refractivity (Wildman–Crippen MR) is 62.7 cm³/mol. The van der Waals surface area contributed by atoms with Gasteiger partial charge in [-0.15, -0.1) is 0 Å². The summed E-state index contributed by atoms with van der Waals surface area (Å²) in [5.41, 5.74) is 5.61. The molecule has 1 fully saturated rings. The van der Waals surface area contributed by atoms with Gasteiger partial charge in [0, 0.05) is 32.6 Å². The fourth-order valence-corrected chi connectivity index (χ4v) is 1.87. The summed E-state index contributed by atoms with van der Waals surface area (Å²) < 4.78 is 14.7. The molecule has 1 heterocycles. The molecule has 0 saturated carbocycles. The molecule has 1 aliphatic heterocycles. The van der Waals surface area contributed by atoms with E-state index in [9.17, 15) is 9.36 Å². The van der Waals surface area contributed by atoms with Gasteiger partial charge in [0.1, 0.15) is 0 Å². The first-order valence-electron chi connectivity index (χ1n) is 5.26. The standard InChI is InChI=1S/C8H17N4O5P/c1-11(2-3-17-18(14,15)16)8(10)12-5-6(9)4-7(12)13/h6,10H,2-5,9H2,1H3,(H2,14,15,16). The normalized spacial score (nSPS) is 20.3. The number of amides is 1. The quantitative estimate of drug-likeness (QED) is 0.279. The zero-order valence-electron chi connectivity index (χ0n) is 9.94. The predicted octanol–water partition coefficient (Wildman–Crippen LogP) is -1.48. The van der Waals surface area contributed by atoms with Crippen LogP contribution in [0.2, 0.25) is 0 Å². The maximum absolute atomic E-state index is 11.5. The Morgan fingerprint density at radius 1 is 1.72 bits per heavy atom. The molecule has 1 rings (SSSR count). The summed E-state index contributed by atoms with van der Waals surface area (Å²) in [4.78, 5) is 31.1. The van der Waals surface area contributed by atoms with Gasteiger partial charge in [-0.3, -0.25) is 19.6 Å². The van der Waals surface area contributed by atoms with E-state index in [1.165, 1.54) is 16.8 Å². The summed E-state index contributed by atoms with van der Waals surface area (Å²) in [6.07, 6.45) is 0.204. The number of phosphoric ester groups is 1. The Hall–Kier alpha value is -0.990. The number of nitrogens with zero attached hydrogens (tertiary/aromatic N) is 2. The lowest BCUT2D eigenvalue weighted by molar-refractivity contribution is -0.124. The summed E-state index contributed by atoms with van der Waals surface area (Å²) in [6.45, 7) is 0.127. The molecule has 0 radical (unpaired) electrons. The number of hydrogen-bond acceptors (Lipinski definition) is 5. The van der Waals surface area contributed by atoms with Crippen LogP contribution in [-0.2, 0) is 13.9 Å². The van der Waals surface area contributed by atoms with Gasteiger partial charge in [0.15, 0.2) is 5.96 Å². The number of guanidine groups is 1. The van der Waals surface area contributed by atoms with Crippen LogP contribution in [0.1, 0.15) is 6.42 Å². The number of rotatable bonds is 4. The zero-order valence-corrected chi connectivity index (χ0v) is 10.8. The topological polar surface area (TPSA) is 140 Å². The zero-order chi connectivity index (χ0) is 13.9. The van der Waals surface area contributed by atoms with Crippen molar-refractivity contribution in [3.63, 3.8) is 0 Å². The Kier molecular flexibility index (Phi) is 4.83. The number of likely N-dealkylation sites (N-methyl/N-ethyl adjacent to an activating group) is 1. The summed E-state index contributed by atoms with van der Waals surface area (Å²) in [5.74, 6) is -0.280. The van der Waals surface area contributed by atoms with E-state index in [1.807, 2.05) is 0 Å². The van der Waals surface area contributed by atoms with E-state index in [0.29, 0.717) is 0 Å². The number of nitrogens with two attached hydrogens (primary N) is 1. The third-order valence-electron chi connectivity index (χ3n) is 2.46. The molecule has 0 aromatic heterocycles. The molecular weight excluding hydrogens is 263 g/mol. The number of hydrogen-bond donors (Lipinski definition) is 4. The molecule has 0 aromatic carbocycles. The molecule has 1 saturated heterocycles. The molecule has 0 spiro atoms. The van der Waals surface area contributed by atoms with Crippen molar-refractivity contribution in [1.29, 1.82) is 5.41 Å². The van der Waals surface area contributed by atoms with E-state index in [-0.39, 0.29) is 44.0 Å². The number of nitrogens with one attached hydrogen (secondary N) is 1. The summed E-state index contributed by atoms with van der Waals surface area (Å²) in [6, 6.07) is -0.280. The SMILES string of the molecule is CN(CCOP(=O)(O)O)C(=N)N1CC(N)CC1=O. The first-order valence-corrected chi connectivity index (χ1v) is 6.79. The van der Waals surface area contributed by atoms with Crippen LogP contribution in [0.15, 0.2) is 0 Å². The van der Waals surface area contributed by atoms with Crippen LogP contribution >= 0.6 is 7.82 Å². The van der Waals surface area contributed by atoms with Crippen LogP contribution in [0.4, 0.5) is 0 Å². The Balaban J connectivity index is 2.42. The van der Waals surface area contributed by atoms with Crippen LogP contribution < -0.4 is 5.73 Å². The highest BCUT2D eigenvalue weighted by molar-refractivity contribution is 7.46. The Morgan fingerprint density at radius 3 is 2.78 bits per heavy atom. The fraction of sp³-hybridized carbons (Fsp3) is 0.750. The van der Waals surface area contributed by atoms with Crippen molar-refractivity contribution in [2.75, 3.05) is 26.7 Å². The van der Waals surface area contributed by atoms with Crippen LogP contribution in [0.5, 0.6) is 0 Å². The summed E-state index contributed by atoms with van der Waals surface area (Å²) >= 11 is 0. The first-order chi connectivity index (χ1) is 8.20. The molecule has 0 aromatic rings. The molecule has 0 aliphatic carbocycles. The van der Waals surface area contributed by atoms with Crippen LogP contribution in [-0.4, -0.2) is 64.2 Å². The van der Waals surface area contributed by atoms with E-state index in [1.54, 1.807) is 0 Å². The van der Waals surface area contributed by atoms with E-state index in [2.05, 4.69) is 4.52 Å². The van der Waals surface area contributed by atoms with E-state index < -0.39 is 7.82 Å². The van der Waals surface area contributed by atoms with Gasteiger partial charge in [-0.25, -0.2) is 4.57 Å². The molecule has 5 N–H and O–H groups in total. The lowest BCUT2D eigenvalue weighted by Gasteiger charge is -2.26. The molecule has 10 heteroatoms. The summed E-state index contributed by atoms with van der Waals surface area (Å²) in [5, 5.41) is 7.77. The third-order valence-corrected chi connectivity index (χ3v) is 2.98. The van der Waals surface area contributed by atoms with Crippen molar-refractivity contribution >= 4 is 19.7 Å². The number of carbonyl (C=O) groups excluding carboxylic acids is 1. The highest BCUT2D eigenvalue weighted by Gasteiger charge is 2.31. The second-order valence-corrected chi connectivity index (χ2v) is 5.28. The highest BCUT2D eigenvalue weighted by Crippen LogP contribution is 2.35. The molecular formula is C8H17N4O5P. The van der Waals surface area contributed by atoms with Gasteiger partial charge in [0.05, 0.1) is 6.61 Å². The van der Waals surface area contributed by atoms with E-state index in [4.69, 9.17) is 20.9 Å². The Morgan fingerprint density at radius 2 is 2.33 bits per heavy atom. The number of phosphoric acid groups is 1. The van der Waals surface area contributed by atoms with Crippen LogP contribution in [0, 0.1) is 5.41 Å². The minimum Gasteiger partial charge on any atom is -0.343 e. The van der Waals surface area contributed by atoms with Gasteiger partial charge in [-0.05, 0) is 0 Å². The fourth-order valence-electron chi connectivity index (χ4n) is 1.55. The van der Waals surface area contributed by atoms with Crippen molar-refractivity contribution in [2.24, 2.45) is 5.73 Å². The van der Waals surface area contributed by atoms with E-state index >= 15 is 0 Å². The monoisotopic (exact) mass is 280 g/mol. The minimum absolute atomic E-state index is 0.0535. The molecule has 1 unspecified atom stereocenters. The molecule has 1 atom stereocenters. The lowest BCUT2D eigenvalue weighted by Crippen LogP contribution is -2.44. The summed E-state index contributed by atoms with van der Waals surface area (Å²) in [7, 11) is -2.97. The van der Waals surface area contributed by atoms with Crippen molar-refractivity contribution < 1.29 is 23.7 Å². The molecule has 1 amide bonds. The lowest BCUT2D eigenvalue weighted by atomic mass is 10.3. The van der Waals surface area contributed by atoms with Crippen molar-refractivity contribution in [3.05, 3.63) is 0 Å². The highest BCUT2D eigenvalue weighted by atomic mass is 31.2. The minimum atomic E-state index is -4.50. The Labute approximate surface area is 104 Å². The van der Waals surface area contributed by atoms with E-state index in [0.717, 1.165) is 0 Å². The maximum Gasteiger partial charge on any atom is 0.469 e. The van der Waals surface area contributed by atoms with Crippen molar-refractivity contribution in [1.82, 2.24) is 9.80 Å². The second-order valence-electron chi connectivity index (χ2n) is 4.04. The van der Waals surface area contributed by atoms with Crippen molar-refractivity contribution in [3.8, 4) is 0 Å². The largest absolute Gasteiger partial charge is 0.469 e. The van der Waals surface area contributed by atoms with Crippen LogP contribution in [0.3, 0.4) is 0 Å². The van der Waals surface area contributed by atoms with Gasteiger partial charge in [-0.1, -0.05) is 0 Å². The average molecular weight is 280 g/mol. The van der Waals surface area contributed by atoms with Gasteiger partial charge in [0.25, 0.3) is 0 Å². The van der Waals surface area contributed by atoms with Crippen molar-refractivity contribution in [2.45, 2.75) is 12.5 Å². The molecule has 104 valence electrons. The molecule has 9 nitrogen and oxygen atoms in total. The molecule has 1 aliphatic rings. The second kappa shape index (κ2) is 5.77. The number of likely N-dealkylation sites (tertiary alicyclic amines) is 1. The maximum atomic E-state index is 11.5. The van der Waals surface area contributed by atoms with Gasteiger partial charge in [-0.2, -0.15) is 0 Å². The van der Waals surface area contributed by atoms with Gasteiger partial charge < -0.3 is 20.4 Å². The van der Waals surface area contributed by atoms with Crippen LogP contribution in [0.25, 0.3) is 0 Å². The smallest absolute Gasteiger partial charge is 0.343 e. The Bertz CT molecular complexity index is 384. The molecule has 18 heavy (non-hydrogen) atoms. The van der Waals surface area contributed by atoms with Gasteiger partial charge >= 0.3 is 7.82 Å². The number of carbonyl (C=O) groups is 1. The first kappa shape index (κ1) is 15.1. The molecule has 0 bridgehead atoms.